The van der Waals surface area contributed by atoms with Crippen LogP contribution in [-0.2, 0) is 19.4 Å². The molecule has 0 fully saturated rings. The van der Waals surface area contributed by atoms with Crippen LogP contribution < -0.4 is 15.5 Å². The molecule has 0 heterocycles. The molecule has 2 rings (SSSR count). The average molecular weight is 411 g/mol. The zero-order valence-electron chi connectivity index (χ0n) is 15.0. The van der Waals surface area contributed by atoms with Crippen molar-refractivity contribution in [2.24, 2.45) is 0 Å². The quantitative estimate of drug-likeness (QED) is 0.630. The fraction of sp³-hybridized carbons (Fsp3) is 0.222. The van der Waals surface area contributed by atoms with E-state index in [-0.39, 0.29) is 29.8 Å². The van der Waals surface area contributed by atoms with Crippen molar-refractivity contribution in [2.75, 3.05) is 37.0 Å². The first kappa shape index (κ1) is 20.9. The maximum Gasteiger partial charge on any atom is 0.279 e. The molecule has 2 aromatic carbocycles. The van der Waals surface area contributed by atoms with Crippen LogP contribution in [0.1, 0.15) is 0 Å². The Balaban J connectivity index is 1.86. The van der Waals surface area contributed by atoms with Gasteiger partial charge in [-0.1, -0.05) is 17.7 Å². The summed E-state index contributed by atoms with van der Waals surface area (Å²) in [6.07, 6.45) is 1.10. The van der Waals surface area contributed by atoms with Crippen molar-refractivity contribution in [3.63, 3.8) is 0 Å². The Labute approximate surface area is 163 Å². The molecule has 2 aromatic rings. The second kappa shape index (κ2) is 8.98. The first-order valence-corrected chi connectivity index (χ1v) is 10.4. The lowest BCUT2D eigenvalue weighted by Crippen LogP contribution is -3.11. The highest BCUT2D eigenvalue weighted by atomic mass is 35.5. The molecule has 0 aliphatic rings. The van der Waals surface area contributed by atoms with Crippen molar-refractivity contribution in [1.29, 1.82) is 0 Å². The molecule has 0 bridgehead atoms. The molecule has 0 spiro atoms. The standard InChI is InChI=1S/C18H20ClN3O4S/c1-22(11-17(23)20-14-8-6-13(19)7-9-14)12-18(24)21-15-4-3-5-16(10-15)27(2,25)26/h3-10H,11-12H2,1-2H3,(H,20,23)(H,21,24)/p+1. The summed E-state index contributed by atoms with van der Waals surface area (Å²) in [5.74, 6) is -0.556. The number of carbonyl (C=O) groups excluding carboxylic acids is 2. The van der Waals surface area contributed by atoms with Crippen LogP contribution in [-0.4, -0.2) is 46.6 Å². The summed E-state index contributed by atoms with van der Waals surface area (Å²) in [5.41, 5.74) is 1.01. The van der Waals surface area contributed by atoms with Crippen LogP contribution in [0.2, 0.25) is 5.02 Å². The van der Waals surface area contributed by atoms with E-state index < -0.39 is 9.84 Å². The molecule has 27 heavy (non-hydrogen) atoms. The van der Waals surface area contributed by atoms with E-state index in [1.807, 2.05) is 0 Å². The summed E-state index contributed by atoms with van der Waals surface area (Å²) in [6, 6.07) is 12.8. The van der Waals surface area contributed by atoms with Gasteiger partial charge in [0.15, 0.2) is 22.9 Å². The van der Waals surface area contributed by atoms with E-state index in [1.54, 1.807) is 43.4 Å². The van der Waals surface area contributed by atoms with Gasteiger partial charge in [-0.2, -0.15) is 0 Å². The minimum absolute atomic E-state index is 0.0527. The van der Waals surface area contributed by atoms with Crippen molar-refractivity contribution in [3.05, 3.63) is 53.6 Å². The number of quaternary nitrogens is 1. The van der Waals surface area contributed by atoms with E-state index in [0.717, 1.165) is 6.26 Å². The highest BCUT2D eigenvalue weighted by Crippen LogP contribution is 2.15. The topological polar surface area (TPSA) is 96.8 Å². The van der Waals surface area contributed by atoms with Gasteiger partial charge in [-0.3, -0.25) is 9.59 Å². The molecule has 7 nitrogen and oxygen atoms in total. The maximum absolute atomic E-state index is 12.1. The van der Waals surface area contributed by atoms with Gasteiger partial charge in [0.2, 0.25) is 0 Å². The van der Waals surface area contributed by atoms with Crippen molar-refractivity contribution in [3.8, 4) is 0 Å². The van der Waals surface area contributed by atoms with Crippen molar-refractivity contribution in [1.82, 2.24) is 0 Å². The van der Waals surface area contributed by atoms with E-state index in [1.165, 1.54) is 12.1 Å². The SMILES string of the molecule is C[NH+](CC(=O)Nc1ccc(Cl)cc1)CC(=O)Nc1cccc(S(C)(=O)=O)c1. The van der Waals surface area contributed by atoms with Gasteiger partial charge >= 0.3 is 0 Å². The van der Waals surface area contributed by atoms with Gasteiger partial charge in [0.25, 0.3) is 11.8 Å². The molecule has 9 heteroatoms. The minimum atomic E-state index is -3.35. The molecule has 3 N–H and O–H groups in total. The third-order valence-electron chi connectivity index (χ3n) is 3.60. The highest BCUT2D eigenvalue weighted by molar-refractivity contribution is 7.90. The number of carbonyl (C=O) groups is 2. The summed E-state index contributed by atoms with van der Waals surface area (Å²) in [6.45, 7) is 0.149. The molecule has 144 valence electrons. The number of nitrogens with one attached hydrogen (secondary N) is 3. The molecular weight excluding hydrogens is 390 g/mol. The molecule has 0 saturated heterocycles. The number of amides is 2. The molecule has 0 radical (unpaired) electrons. The second-order valence-corrected chi connectivity index (χ2v) is 8.67. The zero-order valence-corrected chi connectivity index (χ0v) is 16.5. The zero-order chi connectivity index (χ0) is 20.0. The largest absolute Gasteiger partial charge is 0.322 e. The number of hydrogen-bond acceptors (Lipinski definition) is 4. The molecule has 0 aliphatic carbocycles. The number of rotatable bonds is 7. The number of halogens is 1. The van der Waals surface area contributed by atoms with Crippen LogP contribution in [0.5, 0.6) is 0 Å². The fourth-order valence-corrected chi connectivity index (χ4v) is 3.15. The summed E-state index contributed by atoms with van der Waals surface area (Å²) in [5, 5.41) is 5.95. The Bertz CT molecular complexity index is 930. The van der Waals surface area contributed by atoms with Gasteiger partial charge in [0.05, 0.1) is 11.9 Å². The molecule has 2 amide bonds. The Hall–Kier alpha value is -2.42. The summed E-state index contributed by atoms with van der Waals surface area (Å²) < 4.78 is 23.1. The summed E-state index contributed by atoms with van der Waals surface area (Å²) in [7, 11) is -1.63. The van der Waals surface area contributed by atoms with Crippen molar-refractivity contribution < 1.29 is 22.9 Å². The van der Waals surface area contributed by atoms with Gasteiger partial charge in [0, 0.05) is 22.7 Å². The van der Waals surface area contributed by atoms with Gasteiger partial charge in [-0.15, -0.1) is 0 Å². The first-order valence-electron chi connectivity index (χ1n) is 8.10. The van der Waals surface area contributed by atoms with Crippen LogP contribution in [0, 0.1) is 0 Å². The Morgan fingerprint density at radius 3 is 2.07 bits per heavy atom. The Morgan fingerprint density at radius 1 is 0.963 bits per heavy atom. The second-order valence-electron chi connectivity index (χ2n) is 6.21. The number of benzene rings is 2. The van der Waals surface area contributed by atoms with Crippen LogP contribution in [0.3, 0.4) is 0 Å². The predicted molar refractivity (Wildman–Crippen MR) is 105 cm³/mol. The van der Waals surface area contributed by atoms with Gasteiger partial charge in [0.1, 0.15) is 0 Å². The van der Waals surface area contributed by atoms with Crippen LogP contribution in [0.15, 0.2) is 53.4 Å². The molecular formula is C18H21ClN3O4S+. The van der Waals surface area contributed by atoms with Crippen molar-refractivity contribution in [2.45, 2.75) is 4.90 Å². The molecule has 0 saturated carbocycles. The summed E-state index contributed by atoms with van der Waals surface area (Å²) in [4.78, 5) is 25.0. The van der Waals surface area contributed by atoms with Crippen LogP contribution >= 0.6 is 11.6 Å². The average Bonchev–Trinajstić information content (AvgIpc) is 2.56. The lowest BCUT2D eigenvalue weighted by atomic mass is 10.3. The third-order valence-corrected chi connectivity index (χ3v) is 4.96. The predicted octanol–water partition coefficient (Wildman–Crippen LogP) is 0.835. The maximum atomic E-state index is 12.1. The van der Waals surface area contributed by atoms with Crippen LogP contribution in [0.25, 0.3) is 0 Å². The monoisotopic (exact) mass is 410 g/mol. The van der Waals surface area contributed by atoms with E-state index >= 15 is 0 Å². The summed E-state index contributed by atoms with van der Waals surface area (Å²) >= 11 is 5.80. The number of sulfone groups is 1. The van der Waals surface area contributed by atoms with Gasteiger partial charge in [-0.25, -0.2) is 8.42 Å². The number of likely N-dealkylation sites (N-methyl/N-ethyl adjacent to an activating group) is 1. The fourth-order valence-electron chi connectivity index (χ4n) is 2.36. The molecule has 1 atom stereocenters. The normalized spacial score (nSPS) is 12.3. The highest BCUT2D eigenvalue weighted by Gasteiger charge is 2.15. The van der Waals surface area contributed by atoms with Crippen LogP contribution in [0.4, 0.5) is 11.4 Å². The van der Waals surface area contributed by atoms with Crippen molar-refractivity contribution >= 4 is 44.6 Å². The molecule has 1 unspecified atom stereocenters. The molecule has 0 aliphatic heterocycles. The lowest BCUT2D eigenvalue weighted by Gasteiger charge is -2.14. The molecule has 0 aromatic heterocycles. The minimum Gasteiger partial charge on any atom is -0.322 e. The number of anilines is 2. The number of hydrogen-bond donors (Lipinski definition) is 3. The third kappa shape index (κ3) is 7.01. The van der Waals surface area contributed by atoms with E-state index in [4.69, 9.17) is 11.6 Å². The van der Waals surface area contributed by atoms with Gasteiger partial charge < -0.3 is 15.5 Å². The van der Waals surface area contributed by atoms with E-state index in [2.05, 4.69) is 10.6 Å². The smallest absolute Gasteiger partial charge is 0.279 e. The first-order chi connectivity index (χ1) is 12.6. The van der Waals surface area contributed by atoms with E-state index in [9.17, 15) is 18.0 Å². The Morgan fingerprint density at radius 2 is 1.52 bits per heavy atom. The van der Waals surface area contributed by atoms with Gasteiger partial charge in [-0.05, 0) is 42.5 Å². The lowest BCUT2D eigenvalue weighted by molar-refractivity contribution is -0.862. The van der Waals surface area contributed by atoms with E-state index in [0.29, 0.717) is 21.3 Å². The Kier molecular flexibility index (Phi) is 6.95.